The Morgan fingerprint density at radius 1 is 0.962 bits per heavy atom. The van der Waals surface area contributed by atoms with Gasteiger partial charge in [-0.2, -0.15) is 5.21 Å². The number of carbonyl (C=O) groups excluding carboxylic acids is 2. The zero-order chi connectivity index (χ0) is 37.1. The van der Waals surface area contributed by atoms with E-state index >= 15 is 0 Å². The molecule has 1 atom stereocenters. The van der Waals surface area contributed by atoms with Crippen LogP contribution in [0.2, 0.25) is 0 Å². The molecule has 1 unspecified atom stereocenters. The van der Waals surface area contributed by atoms with Crippen molar-refractivity contribution < 1.29 is 29.4 Å². The SMILES string of the molecule is CCCc1nc(C(C)(C)O)c(C(=O)CC(Cc2ccccc2)C(=O)OCCCCO[N+](=O)[O-])n1Cc1ccc(-c2ccccc2-c2nn[nH]n2)cc1. The highest BCUT2D eigenvalue weighted by Crippen LogP contribution is 2.32. The zero-order valence-corrected chi connectivity index (χ0v) is 29.5. The summed E-state index contributed by atoms with van der Waals surface area (Å²) in [6, 6.07) is 25.1. The largest absolute Gasteiger partial charge is 0.465 e. The number of tetrazole rings is 1. The van der Waals surface area contributed by atoms with Gasteiger partial charge in [0.05, 0.1) is 19.1 Å². The third-order valence-electron chi connectivity index (χ3n) is 8.55. The van der Waals surface area contributed by atoms with E-state index in [0.717, 1.165) is 34.2 Å². The molecule has 0 aliphatic heterocycles. The van der Waals surface area contributed by atoms with Gasteiger partial charge in [-0.25, -0.2) is 4.98 Å². The number of aliphatic hydroxyl groups is 1. The molecule has 3 aromatic carbocycles. The number of aromatic nitrogens is 6. The van der Waals surface area contributed by atoms with Crippen LogP contribution in [0.3, 0.4) is 0 Å². The fraction of sp³-hybridized carbons (Fsp3) is 0.368. The number of ether oxygens (including phenoxy) is 1. The smallest absolute Gasteiger partial charge is 0.309 e. The number of aromatic amines is 1. The van der Waals surface area contributed by atoms with Crippen molar-refractivity contribution >= 4 is 11.8 Å². The first kappa shape index (κ1) is 37.5. The van der Waals surface area contributed by atoms with Gasteiger partial charge in [0.25, 0.3) is 5.09 Å². The van der Waals surface area contributed by atoms with E-state index in [0.29, 0.717) is 37.5 Å². The molecule has 0 aliphatic carbocycles. The number of unbranched alkanes of at least 4 members (excludes halogenated alkanes) is 1. The van der Waals surface area contributed by atoms with Gasteiger partial charge in [-0.1, -0.05) is 85.8 Å². The van der Waals surface area contributed by atoms with Crippen molar-refractivity contribution in [2.45, 2.75) is 71.4 Å². The van der Waals surface area contributed by atoms with Gasteiger partial charge in [-0.15, -0.1) is 20.3 Å². The first-order valence-corrected chi connectivity index (χ1v) is 17.3. The fourth-order valence-corrected chi connectivity index (χ4v) is 6.06. The third kappa shape index (κ3) is 9.72. The van der Waals surface area contributed by atoms with Gasteiger partial charge in [0.15, 0.2) is 5.78 Å². The highest BCUT2D eigenvalue weighted by atomic mass is 16.9. The second kappa shape index (κ2) is 17.4. The van der Waals surface area contributed by atoms with E-state index in [1.165, 1.54) is 0 Å². The molecule has 0 saturated heterocycles. The maximum absolute atomic E-state index is 14.4. The molecule has 52 heavy (non-hydrogen) atoms. The Bertz CT molecular complexity index is 1940. The van der Waals surface area contributed by atoms with Crippen LogP contribution in [0.15, 0.2) is 78.9 Å². The molecule has 14 nitrogen and oxygen atoms in total. The van der Waals surface area contributed by atoms with Crippen LogP contribution in [0.25, 0.3) is 22.5 Å². The maximum Gasteiger partial charge on any atom is 0.309 e. The van der Waals surface area contributed by atoms with Crippen LogP contribution in [0.1, 0.15) is 79.6 Å². The third-order valence-corrected chi connectivity index (χ3v) is 8.55. The van der Waals surface area contributed by atoms with Crippen LogP contribution in [0.5, 0.6) is 0 Å². The van der Waals surface area contributed by atoms with Crippen LogP contribution in [-0.2, 0) is 39.4 Å². The molecule has 0 aliphatic rings. The number of nitrogens with zero attached hydrogens (tertiary/aromatic N) is 6. The van der Waals surface area contributed by atoms with Crippen molar-refractivity contribution in [3.05, 3.63) is 117 Å². The molecular weight excluding hydrogens is 666 g/mol. The quantitative estimate of drug-likeness (QED) is 0.0340. The summed E-state index contributed by atoms with van der Waals surface area (Å²) in [6.07, 6.45) is 2.11. The van der Waals surface area contributed by atoms with Crippen LogP contribution in [0, 0.1) is 16.0 Å². The van der Waals surface area contributed by atoms with E-state index in [4.69, 9.17) is 9.72 Å². The van der Waals surface area contributed by atoms with Gasteiger partial charge >= 0.3 is 5.97 Å². The number of hydrogen-bond acceptors (Lipinski definition) is 11. The van der Waals surface area contributed by atoms with E-state index in [2.05, 4.69) is 25.5 Å². The number of Topliss-reactive ketones (excluding diaryl/α,β-unsaturated/α-hetero) is 1. The lowest BCUT2D eigenvalue weighted by atomic mass is 9.91. The Hall–Kier alpha value is -5.76. The molecule has 0 radical (unpaired) electrons. The van der Waals surface area contributed by atoms with Gasteiger partial charge in [0.2, 0.25) is 5.82 Å². The molecular formula is C38H43N7O7. The Morgan fingerprint density at radius 3 is 2.31 bits per heavy atom. The van der Waals surface area contributed by atoms with Crippen molar-refractivity contribution in [2.75, 3.05) is 13.2 Å². The normalized spacial score (nSPS) is 12.0. The lowest BCUT2D eigenvalue weighted by molar-refractivity contribution is -0.757. The molecule has 0 fully saturated rings. The van der Waals surface area contributed by atoms with Gasteiger partial charge in [-0.05, 0) is 67.0 Å². The minimum Gasteiger partial charge on any atom is -0.465 e. The van der Waals surface area contributed by atoms with E-state index in [1.807, 2.05) is 90.4 Å². The molecule has 2 N–H and O–H groups in total. The number of ketones is 1. The molecule has 0 amide bonds. The summed E-state index contributed by atoms with van der Waals surface area (Å²) in [4.78, 5) is 47.5. The second-order valence-corrected chi connectivity index (χ2v) is 13.0. The van der Waals surface area contributed by atoms with E-state index in [1.54, 1.807) is 13.8 Å². The number of nitrogens with one attached hydrogen (secondary N) is 1. The summed E-state index contributed by atoms with van der Waals surface area (Å²) < 4.78 is 7.43. The van der Waals surface area contributed by atoms with Gasteiger partial charge in [-0.3, -0.25) is 9.59 Å². The molecule has 0 saturated carbocycles. The number of carbonyl (C=O) groups is 2. The van der Waals surface area contributed by atoms with E-state index in [-0.39, 0.29) is 43.2 Å². The minimum atomic E-state index is -1.44. The standard InChI is InChI=1S/C38H43N7O7/c1-4-12-33-39-35(38(2,3)48)34(32(46)24-29(23-26-13-6-5-7-14-26)37(47)51-21-10-11-22-52-45(49)50)44(33)25-27-17-19-28(20-18-27)30-15-8-9-16-31(30)36-40-42-43-41-36/h5-9,13-20,29,48H,4,10-12,21-25H2,1-3H3,(H,40,41,42,43). The van der Waals surface area contributed by atoms with Crippen molar-refractivity contribution in [1.82, 2.24) is 30.2 Å². The minimum absolute atomic E-state index is 0.0302. The highest BCUT2D eigenvalue weighted by molar-refractivity contribution is 5.98. The van der Waals surface area contributed by atoms with E-state index in [9.17, 15) is 24.8 Å². The number of imidazole rings is 1. The molecule has 0 bridgehead atoms. The number of benzene rings is 3. The summed E-state index contributed by atoms with van der Waals surface area (Å²) in [7, 11) is 0. The molecule has 2 heterocycles. The first-order chi connectivity index (χ1) is 25.0. The summed E-state index contributed by atoms with van der Waals surface area (Å²) in [6.45, 7) is 5.46. The Morgan fingerprint density at radius 2 is 1.65 bits per heavy atom. The number of rotatable bonds is 19. The molecule has 272 valence electrons. The Labute approximate surface area is 301 Å². The molecule has 14 heteroatoms. The van der Waals surface area contributed by atoms with Crippen molar-refractivity contribution in [2.24, 2.45) is 5.92 Å². The van der Waals surface area contributed by atoms with Gasteiger partial charge in [0.1, 0.15) is 22.8 Å². The van der Waals surface area contributed by atoms with Crippen molar-refractivity contribution in [1.29, 1.82) is 0 Å². The summed E-state index contributed by atoms with van der Waals surface area (Å²) in [5, 5.41) is 35.3. The first-order valence-electron chi connectivity index (χ1n) is 17.3. The number of esters is 1. The van der Waals surface area contributed by atoms with Crippen LogP contribution in [-0.4, -0.2) is 65.3 Å². The predicted octanol–water partition coefficient (Wildman–Crippen LogP) is 5.92. The van der Waals surface area contributed by atoms with Crippen LogP contribution < -0.4 is 0 Å². The fourth-order valence-electron chi connectivity index (χ4n) is 6.06. The average Bonchev–Trinajstić information content (AvgIpc) is 3.79. The monoisotopic (exact) mass is 709 g/mol. The van der Waals surface area contributed by atoms with Gasteiger partial charge in [0, 0.05) is 24.9 Å². The second-order valence-electron chi connectivity index (χ2n) is 13.0. The Kier molecular flexibility index (Phi) is 12.6. The van der Waals surface area contributed by atoms with Crippen molar-refractivity contribution in [3.8, 4) is 22.5 Å². The summed E-state index contributed by atoms with van der Waals surface area (Å²) >= 11 is 0. The number of H-pyrrole nitrogens is 1. The van der Waals surface area contributed by atoms with Crippen LogP contribution in [0.4, 0.5) is 0 Å². The molecule has 2 aromatic heterocycles. The van der Waals surface area contributed by atoms with Crippen LogP contribution >= 0.6 is 0 Å². The lowest BCUT2D eigenvalue weighted by Crippen LogP contribution is -2.27. The van der Waals surface area contributed by atoms with E-state index < -0.39 is 22.6 Å². The Balaban J connectivity index is 1.43. The predicted molar refractivity (Wildman–Crippen MR) is 191 cm³/mol. The van der Waals surface area contributed by atoms with Gasteiger partial charge < -0.3 is 19.2 Å². The topological polar surface area (TPSA) is 188 Å². The number of aryl methyl sites for hydroxylation is 1. The zero-order valence-electron chi connectivity index (χ0n) is 29.5. The molecule has 0 spiro atoms. The molecule has 5 rings (SSSR count). The highest BCUT2D eigenvalue weighted by Gasteiger charge is 2.34. The maximum atomic E-state index is 14.4. The number of hydrogen-bond donors (Lipinski definition) is 2. The summed E-state index contributed by atoms with van der Waals surface area (Å²) in [5.41, 5.74) is 3.56. The molecule has 5 aromatic rings. The lowest BCUT2D eigenvalue weighted by Gasteiger charge is -2.20. The summed E-state index contributed by atoms with van der Waals surface area (Å²) in [5.74, 6) is -0.560. The van der Waals surface area contributed by atoms with Crippen molar-refractivity contribution in [3.63, 3.8) is 0 Å². The average molecular weight is 710 g/mol.